The molecule has 0 aromatic carbocycles. The van der Waals surface area contributed by atoms with Crippen molar-refractivity contribution in [3.05, 3.63) is 29.5 Å². The van der Waals surface area contributed by atoms with Gasteiger partial charge in [0.2, 0.25) is 5.95 Å². The third-order valence-electron chi connectivity index (χ3n) is 5.20. The molecular weight excluding hydrogens is 348 g/mol. The largest absolute Gasteiger partial charge is 0.335 e. The molecule has 1 saturated carbocycles. The third-order valence-corrected chi connectivity index (χ3v) is 5.96. The average Bonchev–Trinajstić information content (AvgIpc) is 3.17. The number of aromatic nitrogens is 3. The van der Waals surface area contributed by atoms with Gasteiger partial charge in [-0.25, -0.2) is 15.0 Å². The molecule has 3 heterocycles. The molecule has 2 aliphatic rings. The van der Waals surface area contributed by atoms with Crippen molar-refractivity contribution in [3.8, 4) is 0 Å². The van der Waals surface area contributed by atoms with Gasteiger partial charge in [0.1, 0.15) is 5.69 Å². The Hall–Kier alpha value is -2.06. The van der Waals surface area contributed by atoms with Crippen LogP contribution in [0.1, 0.15) is 42.6 Å². The van der Waals surface area contributed by atoms with Crippen molar-refractivity contribution >= 4 is 28.3 Å². The first kappa shape index (κ1) is 17.4. The molecule has 0 unspecified atom stereocenters. The van der Waals surface area contributed by atoms with E-state index in [0.717, 1.165) is 32.2 Å². The lowest BCUT2D eigenvalue weighted by Gasteiger charge is -2.40. The van der Waals surface area contributed by atoms with Crippen LogP contribution in [-0.4, -0.2) is 62.9 Å². The number of carbonyl (C=O) groups excluding carboxylic acids is 1. The summed E-state index contributed by atoms with van der Waals surface area (Å²) in [4.78, 5) is 29.9. The van der Waals surface area contributed by atoms with Crippen molar-refractivity contribution in [2.45, 2.75) is 38.1 Å². The fraction of sp³-hybridized carbons (Fsp3) is 0.556. The number of hydrogen-bond donors (Lipinski definition) is 1. The summed E-state index contributed by atoms with van der Waals surface area (Å²) < 4.78 is 0. The van der Waals surface area contributed by atoms with Crippen LogP contribution in [0.15, 0.2) is 23.8 Å². The molecule has 1 aliphatic heterocycles. The Labute approximate surface area is 157 Å². The number of anilines is 2. The second kappa shape index (κ2) is 8.09. The van der Waals surface area contributed by atoms with Crippen molar-refractivity contribution < 1.29 is 4.79 Å². The van der Waals surface area contributed by atoms with Gasteiger partial charge in [0, 0.05) is 50.0 Å². The van der Waals surface area contributed by atoms with Crippen LogP contribution in [0.4, 0.5) is 11.1 Å². The van der Waals surface area contributed by atoms with E-state index in [-0.39, 0.29) is 5.91 Å². The molecule has 0 bridgehead atoms. The molecule has 0 spiro atoms. The first-order valence-electron chi connectivity index (χ1n) is 9.32. The van der Waals surface area contributed by atoms with Crippen LogP contribution in [0.5, 0.6) is 0 Å². The quantitative estimate of drug-likeness (QED) is 0.890. The van der Waals surface area contributed by atoms with Gasteiger partial charge in [0.15, 0.2) is 5.13 Å². The maximum absolute atomic E-state index is 12.7. The van der Waals surface area contributed by atoms with E-state index in [4.69, 9.17) is 0 Å². The van der Waals surface area contributed by atoms with Crippen molar-refractivity contribution in [3.63, 3.8) is 0 Å². The summed E-state index contributed by atoms with van der Waals surface area (Å²) in [5, 5.41) is 5.48. The standard InChI is InChI=1S/C18H24N6OS/c25-16(15-13-26-18(21-15)22-17-19-7-4-8-20-17)24-11-9-23(10-12-24)14-5-2-1-3-6-14/h4,7-8,13-14H,1-3,5-6,9-12H2,(H,19,20,21,22). The Morgan fingerprint density at radius 2 is 1.81 bits per heavy atom. The van der Waals surface area contributed by atoms with Gasteiger partial charge >= 0.3 is 0 Å². The highest BCUT2D eigenvalue weighted by Gasteiger charge is 2.28. The zero-order valence-electron chi connectivity index (χ0n) is 14.8. The molecule has 26 heavy (non-hydrogen) atoms. The molecule has 2 fully saturated rings. The Morgan fingerprint density at radius 3 is 2.54 bits per heavy atom. The summed E-state index contributed by atoms with van der Waals surface area (Å²) in [6.45, 7) is 3.53. The van der Waals surface area contributed by atoms with Crippen molar-refractivity contribution in [1.82, 2.24) is 24.8 Å². The molecule has 1 saturated heterocycles. The number of carbonyl (C=O) groups is 1. The maximum Gasteiger partial charge on any atom is 0.273 e. The minimum absolute atomic E-state index is 0.0200. The van der Waals surface area contributed by atoms with Gasteiger partial charge in [0.25, 0.3) is 5.91 Å². The van der Waals surface area contributed by atoms with Gasteiger partial charge in [-0.2, -0.15) is 0 Å². The second-order valence-corrected chi connectivity index (χ2v) is 7.71. The predicted octanol–water partition coefficient (Wildman–Crippen LogP) is 2.77. The highest BCUT2D eigenvalue weighted by Crippen LogP contribution is 2.24. The second-order valence-electron chi connectivity index (χ2n) is 6.86. The Kier molecular flexibility index (Phi) is 5.40. The van der Waals surface area contributed by atoms with E-state index in [2.05, 4.69) is 25.2 Å². The third kappa shape index (κ3) is 4.02. The molecule has 7 nitrogen and oxygen atoms in total. The van der Waals surface area contributed by atoms with E-state index in [1.807, 2.05) is 4.90 Å². The molecule has 1 aliphatic carbocycles. The average molecular weight is 372 g/mol. The highest BCUT2D eigenvalue weighted by atomic mass is 32.1. The van der Waals surface area contributed by atoms with Crippen molar-refractivity contribution in [1.29, 1.82) is 0 Å². The molecule has 0 atom stereocenters. The van der Waals surface area contributed by atoms with Gasteiger partial charge < -0.3 is 10.2 Å². The topological polar surface area (TPSA) is 74.2 Å². The van der Waals surface area contributed by atoms with E-state index in [9.17, 15) is 4.79 Å². The lowest BCUT2D eigenvalue weighted by atomic mass is 9.94. The normalized spacial score (nSPS) is 19.5. The first-order chi connectivity index (χ1) is 12.8. The van der Waals surface area contributed by atoms with E-state index in [1.54, 1.807) is 23.8 Å². The first-order valence-corrected chi connectivity index (χ1v) is 10.2. The molecule has 0 radical (unpaired) electrons. The van der Waals surface area contributed by atoms with Gasteiger partial charge in [0.05, 0.1) is 0 Å². The van der Waals surface area contributed by atoms with Crippen LogP contribution in [-0.2, 0) is 0 Å². The van der Waals surface area contributed by atoms with Crippen molar-refractivity contribution in [2.24, 2.45) is 0 Å². The Bertz CT molecular complexity index is 722. The smallest absolute Gasteiger partial charge is 0.273 e. The predicted molar refractivity (Wildman–Crippen MR) is 102 cm³/mol. The highest BCUT2D eigenvalue weighted by molar-refractivity contribution is 7.14. The molecule has 2 aromatic heterocycles. The van der Waals surface area contributed by atoms with Crippen LogP contribution in [0.2, 0.25) is 0 Å². The zero-order chi connectivity index (χ0) is 17.8. The summed E-state index contributed by atoms with van der Waals surface area (Å²) in [5.74, 6) is 0.508. The number of nitrogens with one attached hydrogen (secondary N) is 1. The number of piperazine rings is 1. The monoisotopic (exact) mass is 372 g/mol. The number of rotatable bonds is 4. The van der Waals surface area contributed by atoms with Crippen LogP contribution in [0, 0.1) is 0 Å². The zero-order valence-corrected chi connectivity index (χ0v) is 15.6. The molecule has 1 N–H and O–H groups in total. The molecule has 1 amide bonds. The van der Waals surface area contributed by atoms with Gasteiger partial charge in [-0.1, -0.05) is 19.3 Å². The van der Waals surface area contributed by atoms with E-state index >= 15 is 0 Å². The van der Waals surface area contributed by atoms with Gasteiger partial charge in [-0.05, 0) is 18.9 Å². The molecule has 2 aromatic rings. The maximum atomic E-state index is 12.7. The minimum Gasteiger partial charge on any atom is -0.335 e. The SMILES string of the molecule is O=C(c1csc(Nc2ncccn2)n1)N1CCN(C2CCCCC2)CC1. The number of amides is 1. The lowest BCUT2D eigenvalue weighted by Crippen LogP contribution is -2.52. The molecular formula is C18H24N6OS. The summed E-state index contributed by atoms with van der Waals surface area (Å²) >= 11 is 1.40. The Morgan fingerprint density at radius 1 is 1.08 bits per heavy atom. The lowest BCUT2D eigenvalue weighted by molar-refractivity contribution is 0.0519. The van der Waals surface area contributed by atoms with Crippen molar-refractivity contribution in [2.75, 3.05) is 31.5 Å². The van der Waals surface area contributed by atoms with E-state index < -0.39 is 0 Å². The van der Waals surface area contributed by atoms with Gasteiger partial charge in [-0.3, -0.25) is 9.69 Å². The summed E-state index contributed by atoms with van der Waals surface area (Å²) in [5.41, 5.74) is 0.500. The summed E-state index contributed by atoms with van der Waals surface area (Å²) in [6.07, 6.45) is 10.0. The number of thiazole rings is 1. The van der Waals surface area contributed by atoms with Crippen LogP contribution in [0.3, 0.4) is 0 Å². The van der Waals surface area contributed by atoms with Crippen LogP contribution in [0.25, 0.3) is 0 Å². The fourth-order valence-corrected chi connectivity index (χ4v) is 4.47. The van der Waals surface area contributed by atoms with E-state index in [0.29, 0.717) is 16.8 Å². The number of nitrogens with zero attached hydrogens (tertiary/aromatic N) is 5. The summed E-state index contributed by atoms with van der Waals surface area (Å²) in [7, 11) is 0. The van der Waals surface area contributed by atoms with Crippen LogP contribution >= 0.6 is 11.3 Å². The number of hydrogen-bond acceptors (Lipinski definition) is 7. The Balaban J connectivity index is 1.32. The van der Waals surface area contributed by atoms with Crippen LogP contribution < -0.4 is 5.32 Å². The van der Waals surface area contributed by atoms with E-state index in [1.165, 1.54) is 43.4 Å². The van der Waals surface area contributed by atoms with Gasteiger partial charge in [-0.15, -0.1) is 11.3 Å². The molecule has 4 rings (SSSR count). The minimum atomic E-state index is 0.0200. The molecule has 138 valence electrons. The molecule has 8 heteroatoms. The fourth-order valence-electron chi connectivity index (χ4n) is 3.79. The summed E-state index contributed by atoms with van der Waals surface area (Å²) in [6, 6.07) is 2.48.